The van der Waals surface area contributed by atoms with E-state index in [2.05, 4.69) is 25.5 Å². The van der Waals surface area contributed by atoms with E-state index in [-0.39, 0.29) is 14.6 Å². The molecule has 114 valence electrons. The third-order valence-electron chi connectivity index (χ3n) is 2.47. The van der Waals surface area contributed by atoms with Gasteiger partial charge in [-0.25, -0.2) is 13.1 Å². The summed E-state index contributed by atoms with van der Waals surface area (Å²) in [5.41, 5.74) is 5.02. The summed E-state index contributed by atoms with van der Waals surface area (Å²) in [6, 6.07) is 3.17. The van der Waals surface area contributed by atoms with E-state index in [0.29, 0.717) is 4.88 Å². The Morgan fingerprint density at radius 3 is 2.25 bits per heavy atom. The Balaban J connectivity index is 2.97. The number of thiocarbonyl (C=S) groups is 1. The molecule has 7 heteroatoms. The maximum Gasteiger partial charge on any atom is 0.250 e. The summed E-state index contributed by atoms with van der Waals surface area (Å²) in [5.74, 6) is 0. The number of thiophene rings is 1. The monoisotopic (exact) mass is 334 g/mol. The van der Waals surface area contributed by atoms with Gasteiger partial charge in [-0.15, -0.1) is 11.3 Å². The largest absolute Gasteiger partial charge is 0.389 e. The van der Waals surface area contributed by atoms with Gasteiger partial charge in [0.25, 0.3) is 10.0 Å². The molecule has 1 rings (SSSR count). The summed E-state index contributed by atoms with van der Waals surface area (Å²) in [6.45, 7) is 10.0. The Labute approximate surface area is 130 Å². The molecule has 3 N–H and O–H groups in total. The van der Waals surface area contributed by atoms with Crippen LogP contribution >= 0.6 is 23.6 Å². The highest BCUT2D eigenvalue weighted by Gasteiger charge is 2.31. The molecule has 1 aromatic rings. The second kappa shape index (κ2) is 5.71. The third-order valence-corrected chi connectivity index (χ3v) is 6.13. The third kappa shape index (κ3) is 5.12. The van der Waals surface area contributed by atoms with Crippen molar-refractivity contribution in [3.05, 3.63) is 17.0 Å². The van der Waals surface area contributed by atoms with Crippen LogP contribution in [-0.2, 0) is 10.0 Å². The maximum atomic E-state index is 12.4. The molecule has 0 amide bonds. The van der Waals surface area contributed by atoms with E-state index in [1.807, 2.05) is 13.8 Å². The number of hydrogen-bond acceptors (Lipinski definition) is 4. The molecule has 0 atom stereocenters. The Bertz CT molecular complexity index is 595. The fourth-order valence-corrected chi connectivity index (χ4v) is 5.14. The molecule has 0 aliphatic rings. The molecule has 0 saturated heterocycles. The lowest BCUT2D eigenvalue weighted by Gasteiger charge is -2.32. The van der Waals surface area contributed by atoms with Crippen molar-refractivity contribution in [2.45, 2.75) is 50.8 Å². The van der Waals surface area contributed by atoms with Crippen molar-refractivity contribution in [1.82, 2.24) is 4.72 Å². The highest BCUT2D eigenvalue weighted by atomic mass is 32.2. The zero-order chi connectivity index (χ0) is 15.8. The first-order chi connectivity index (χ1) is 8.82. The Morgan fingerprint density at radius 2 is 1.85 bits per heavy atom. The second-order valence-electron chi connectivity index (χ2n) is 6.71. The summed E-state index contributed by atoms with van der Waals surface area (Å²) >= 11 is 5.94. The molecule has 0 bridgehead atoms. The van der Waals surface area contributed by atoms with Crippen LogP contribution in [-0.4, -0.2) is 18.9 Å². The molecule has 0 aliphatic heterocycles. The van der Waals surface area contributed by atoms with Gasteiger partial charge >= 0.3 is 0 Å². The highest BCUT2D eigenvalue weighted by Crippen LogP contribution is 2.29. The Hall–Kier alpha value is -0.500. The molecule has 20 heavy (non-hydrogen) atoms. The molecule has 1 heterocycles. The lowest BCUT2D eigenvalue weighted by Crippen LogP contribution is -2.45. The van der Waals surface area contributed by atoms with Crippen molar-refractivity contribution >= 4 is 38.6 Å². The van der Waals surface area contributed by atoms with Crippen molar-refractivity contribution in [2.75, 3.05) is 0 Å². The van der Waals surface area contributed by atoms with Crippen molar-refractivity contribution in [3.63, 3.8) is 0 Å². The lowest BCUT2D eigenvalue weighted by molar-refractivity contribution is 0.269. The van der Waals surface area contributed by atoms with Gasteiger partial charge in [0.05, 0.1) is 4.88 Å². The SMILES string of the molecule is CC(C)(C)CC(C)(C)NS(=O)(=O)c1ccc(C(N)=S)s1. The normalized spacial score (nSPS) is 13.4. The van der Waals surface area contributed by atoms with Crippen molar-refractivity contribution in [3.8, 4) is 0 Å². The zero-order valence-electron chi connectivity index (χ0n) is 12.5. The van der Waals surface area contributed by atoms with Gasteiger partial charge in [0.2, 0.25) is 0 Å². The minimum Gasteiger partial charge on any atom is -0.389 e. The predicted molar refractivity (Wildman–Crippen MR) is 88.7 cm³/mol. The molecule has 0 radical (unpaired) electrons. The predicted octanol–water partition coefficient (Wildman–Crippen LogP) is 2.88. The van der Waals surface area contributed by atoms with Gasteiger partial charge in [-0.1, -0.05) is 33.0 Å². The van der Waals surface area contributed by atoms with Crippen molar-refractivity contribution in [2.24, 2.45) is 11.1 Å². The smallest absolute Gasteiger partial charge is 0.250 e. The molecule has 0 saturated carbocycles. The molecule has 0 spiro atoms. The fraction of sp³-hybridized carbons (Fsp3) is 0.615. The number of rotatable bonds is 5. The molecule has 0 fully saturated rings. The van der Waals surface area contributed by atoms with Crippen molar-refractivity contribution in [1.29, 1.82) is 0 Å². The van der Waals surface area contributed by atoms with Crippen LogP contribution in [0.25, 0.3) is 0 Å². The van der Waals surface area contributed by atoms with E-state index >= 15 is 0 Å². The first kappa shape index (κ1) is 17.6. The van der Waals surface area contributed by atoms with E-state index in [9.17, 15) is 8.42 Å². The highest BCUT2D eigenvalue weighted by molar-refractivity contribution is 7.91. The number of nitrogens with two attached hydrogens (primary N) is 1. The van der Waals surface area contributed by atoms with E-state index in [4.69, 9.17) is 18.0 Å². The summed E-state index contributed by atoms with van der Waals surface area (Å²) in [4.78, 5) is 0.819. The van der Waals surface area contributed by atoms with Gasteiger partial charge in [0.15, 0.2) is 0 Å². The fourth-order valence-electron chi connectivity index (χ4n) is 2.37. The van der Waals surface area contributed by atoms with Gasteiger partial charge in [0.1, 0.15) is 9.20 Å². The first-order valence-corrected chi connectivity index (χ1v) is 8.97. The van der Waals surface area contributed by atoms with Gasteiger partial charge in [0, 0.05) is 5.54 Å². The number of hydrogen-bond donors (Lipinski definition) is 2. The first-order valence-electron chi connectivity index (χ1n) is 6.26. The molecular weight excluding hydrogens is 312 g/mol. The standard InChI is InChI=1S/C13H22N2O2S3/c1-12(2,3)8-13(4,5)15-20(16,17)10-7-6-9(19-10)11(14)18/h6-7,15H,8H2,1-5H3,(H2,14,18). The van der Waals surface area contributed by atoms with E-state index in [1.54, 1.807) is 6.07 Å². The Morgan fingerprint density at radius 1 is 1.30 bits per heavy atom. The van der Waals surface area contributed by atoms with Crippen LogP contribution in [0, 0.1) is 5.41 Å². The van der Waals surface area contributed by atoms with Gasteiger partial charge in [-0.3, -0.25) is 0 Å². The molecule has 0 aliphatic carbocycles. The quantitative estimate of drug-likeness (QED) is 0.812. The average molecular weight is 335 g/mol. The van der Waals surface area contributed by atoms with Crippen molar-refractivity contribution < 1.29 is 8.42 Å². The summed E-state index contributed by atoms with van der Waals surface area (Å²) in [6.07, 6.45) is 0.729. The van der Waals surface area contributed by atoms with Crippen LogP contribution in [0.2, 0.25) is 0 Å². The van der Waals surface area contributed by atoms with Crippen LogP contribution in [0.1, 0.15) is 45.9 Å². The van der Waals surface area contributed by atoms with Crippen LogP contribution in [0.5, 0.6) is 0 Å². The second-order valence-corrected chi connectivity index (χ2v) is 10.1. The number of nitrogens with one attached hydrogen (secondary N) is 1. The maximum absolute atomic E-state index is 12.4. The van der Waals surface area contributed by atoms with E-state index in [0.717, 1.165) is 17.8 Å². The van der Waals surface area contributed by atoms with Crippen LogP contribution in [0.15, 0.2) is 16.3 Å². The minimum absolute atomic E-state index is 0.0332. The topological polar surface area (TPSA) is 72.2 Å². The Kier molecular flexibility index (Phi) is 5.01. The number of sulfonamides is 1. The minimum atomic E-state index is -3.55. The summed E-state index contributed by atoms with van der Waals surface area (Å²) in [5, 5.41) is 0. The van der Waals surface area contributed by atoms with E-state index < -0.39 is 15.6 Å². The van der Waals surface area contributed by atoms with Crippen LogP contribution < -0.4 is 10.5 Å². The summed E-state index contributed by atoms with van der Waals surface area (Å²) < 4.78 is 27.8. The molecule has 0 unspecified atom stereocenters. The van der Waals surface area contributed by atoms with Crippen LogP contribution in [0.4, 0.5) is 0 Å². The van der Waals surface area contributed by atoms with Crippen LogP contribution in [0.3, 0.4) is 0 Å². The van der Waals surface area contributed by atoms with E-state index in [1.165, 1.54) is 6.07 Å². The average Bonchev–Trinajstić information content (AvgIpc) is 2.59. The molecule has 1 aromatic heterocycles. The summed E-state index contributed by atoms with van der Waals surface area (Å²) in [7, 11) is -3.55. The molecule has 0 aromatic carbocycles. The molecular formula is C13H22N2O2S3. The molecule has 4 nitrogen and oxygen atoms in total. The van der Waals surface area contributed by atoms with Gasteiger partial charge in [-0.2, -0.15) is 0 Å². The lowest BCUT2D eigenvalue weighted by atomic mass is 9.82. The van der Waals surface area contributed by atoms with Gasteiger partial charge in [-0.05, 0) is 37.8 Å². The zero-order valence-corrected chi connectivity index (χ0v) is 14.9. The van der Waals surface area contributed by atoms with Gasteiger partial charge < -0.3 is 5.73 Å².